The molecule has 0 saturated heterocycles. The van der Waals surface area contributed by atoms with Gasteiger partial charge in [-0.2, -0.15) is 0 Å². The van der Waals surface area contributed by atoms with Gasteiger partial charge in [0.1, 0.15) is 10.6 Å². The Morgan fingerprint density at radius 1 is 1.43 bits per heavy atom. The Kier molecular flexibility index (Phi) is 5.57. The van der Waals surface area contributed by atoms with Crippen LogP contribution in [0.15, 0.2) is 21.5 Å². The summed E-state index contributed by atoms with van der Waals surface area (Å²) in [5.41, 5.74) is 6.10. The van der Waals surface area contributed by atoms with Crippen molar-refractivity contribution in [3.63, 3.8) is 0 Å². The standard InChI is InChI=1S/C13H16BrN3O4S.ClH/c14-8-3-9-11(21-6-13(18)16-9)4-12(8)22(19,20)17-10(5-15)7-1-2-7;/h3-4,7,10,17H,1-2,5-6,15H2,(H,16,18);1H. The molecule has 1 aliphatic carbocycles. The molecule has 4 N–H and O–H groups in total. The summed E-state index contributed by atoms with van der Waals surface area (Å²) in [5, 5.41) is 2.63. The van der Waals surface area contributed by atoms with Crippen molar-refractivity contribution in [2.24, 2.45) is 11.7 Å². The molecule has 1 aliphatic heterocycles. The number of nitrogens with one attached hydrogen (secondary N) is 2. The van der Waals surface area contributed by atoms with E-state index in [1.165, 1.54) is 12.1 Å². The van der Waals surface area contributed by atoms with Crippen molar-refractivity contribution in [1.82, 2.24) is 4.72 Å². The van der Waals surface area contributed by atoms with Crippen molar-refractivity contribution in [1.29, 1.82) is 0 Å². The highest BCUT2D eigenvalue weighted by Crippen LogP contribution is 2.37. The lowest BCUT2D eigenvalue weighted by Crippen LogP contribution is -2.41. The molecule has 23 heavy (non-hydrogen) atoms. The maximum atomic E-state index is 12.6. The van der Waals surface area contributed by atoms with Gasteiger partial charge < -0.3 is 15.8 Å². The Labute approximate surface area is 148 Å². The van der Waals surface area contributed by atoms with E-state index in [2.05, 4.69) is 26.0 Å². The lowest BCUT2D eigenvalue weighted by atomic mass is 10.2. The first kappa shape index (κ1) is 18.5. The molecule has 1 amide bonds. The van der Waals surface area contributed by atoms with Gasteiger partial charge in [-0.3, -0.25) is 4.79 Å². The van der Waals surface area contributed by atoms with Crippen LogP contribution in [0.1, 0.15) is 12.8 Å². The second-order valence-electron chi connectivity index (χ2n) is 5.42. The summed E-state index contributed by atoms with van der Waals surface area (Å²) in [6, 6.07) is 2.67. The number of hydrogen-bond donors (Lipinski definition) is 3. The van der Waals surface area contributed by atoms with E-state index in [0.29, 0.717) is 21.8 Å². The average molecular weight is 427 g/mol. The fourth-order valence-electron chi connectivity index (χ4n) is 2.39. The minimum atomic E-state index is -3.72. The van der Waals surface area contributed by atoms with Gasteiger partial charge in [0, 0.05) is 23.1 Å². The molecule has 2 aliphatic rings. The highest BCUT2D eigenvalue weighted by Gasteiger charge is 2.34. The van der Waals surface area contributed by atoms with Crippen molar-refractivity contribution < 1.29 is 17.9 Å². The zero-order valence-corrected chi connectivity index (χ0v) is 15.3. The SMILES string of the molecule is Cl.NCC(NS(=O)(=O)c1cc2c(cc1Br)NC(=O)CO2)C1CC1. The number of sulfonamides is 1. The number of carbonyl (C=O) groups is 1. The minimum absolute atomic E-state index is 0. The van der Waals surface area contributed by atoms with Crippen LogP contribution in [0.2, 0.25) is 0 Å². The molecule has 3 rings (SSSR count). The predicted octanol–water partition coefficient (Wildman–Crippen LogP) is 1.22. The molecule has 1 saturated carbocycles. The van der Waals surface area contributed by atoms with Crippen molar-refractivity contribution >= 4 is 50.0 Å². The van der Waals surface area contributed by atoms with E-state index in [1.807, 2.05) is 0 Å². The summed E-state index contributed by atoms with van der Waals surface area (Å²) in [6.45, 7) is 0.133. The summed E-state index contributed by atoms with van der Waals surface area (Å²) in [6.07, 6.45) is 1.98. The third-order valence-electron chi connectivity index (χ3n) is 3.71. The van der Waals surface area contributed by atoms with Gasteiger partial charge in [-0.25, -0.2) is 13.1 Å². The molecule has 128 valence electrons. The lowest BCUT2D eigenvalue weighted by molar-refractivity contribution is -0.118. The van der Waals surface area contributed by atoms with E-state index in [4.69, 9.17) is 10.5 Å². The molecule has 1 atom stereocenters. The number of amides is 1. The van der Waals surface area contributed by atoms with Crippen LogP contribution >= 0.6 is 28.3 Å². The van der Waals surface area contributed by atoms with Gasteiger partial charge >= 0.3 is 0 Å². The molecule has 1 unspecified atom stereocenters. The molecule has 1 heterocycles. The summed E-state index contributed by atoms with van der Waals surface area (Å²) >= 11 is 3.24. The van der Waals surface area contributed by atoms with Gasteiger partial charge in [0.2, 0.25) is 10.0 Å². The first-order chi connectivity index (χ1) is 10.4. The maximum absolute atomic E-state index is 12.6. The lowest BCUT2D eigenvalue weighted by Gasteiger charge is -2.21. The quantitative estimate of drug-likeness (QED) is 0.655. The van der Waals surface area contributed by atoms with Gasteiger partial charge in [0.05, 0.1) is 5.69 Å². The topological polar surface area (TPSA) is 111 Å². The first-order valence-corrected chi connectivity index (χ1v) is 9.17. The van der Waals surface area contributed by atoms with E-state index in [9.17, 15) is 13.2 Å². The fraction of sp³-hybridized carbons (Fsp3) is 0.462. The number of anilines is 1. The van der Waals surface area contributed by atoms with E-state index in [-0.39, 0.29) is 42.4 Å². The number of ether oxygens (including phenoxy) is 1. The van der Waals surface area contributed by atoms with E-state index in [0.717, 1.165) is 12.8 Å². The van der Waals surface area contributed by atoms with Gasteiger partial charge in [-0.1, -0.05) is 0 Å². The normalized spacial score (nSPS) is 18.3. The molecule has 7 nitrogen and oxygen atoms in total. The number of fused-ring (bicyclic) bond motifs is 1. The molecular formula is C13H17BrClN3O4S. The Hall–Kier alpha value is -0.870. The summed E-state index contributed by atoms with van der Waals surface area (Å²) in [7, 11) is -3.72. The smallest absolute Gasteiger partial charge is 0.262 e. The molecule has 1 aromatic carbocycles. The molecule has 1 fully saturated rings. The highest BCUT2D eigenvalue weighted by molar-refractivity contribution is 9.10. The Balaban J connectivity index is 0.00000192. The van der Waals surface area contributed by atoms with Gasteiger partial charge in [0.15, 0.2) is 6.61 Å². The minimum Gasteiger partial charge on any atom is -0.482 e. The third kappa shape index (κ3) is 3.97. The Morgan fingerprint density at radius 3 is 2.74 bits per heavy atom. The van der Waals surface area contributed by atoms with E-state index >= 15 is 0 Å². The van der Waals surface area contributed by atoms with Crippen molar-refractivity contribution in [3.05, 3.63) is 16.6 Å². The van der Waals surface area contributed by atoms with Crippen LogP contribution in [0.3, 0.4) is 0 Å². The summed E-state index contributed by atoms with van der Waals surface area (Å²) < 4.78 is 33.4. The van der Waals surface area contributed by atoms with Crippen molar-refractivity contribution in [2.45, 2.75) is 23.8 Å². The van der Waals surface area contributed by atoms with E-state index in [1.54, 1.807) is 0 Å². The second-order valence-corrected chi connectivity index (χ2v) is 7.95. The largest absolute Gasteiger partial charge is 0.482 e. The highest BCUT2D eigenvalue weighted by atomic mass is 79.9. The molecular weight excluding hydrogens is 410 g/mol. The van der Waals surface area contributed by atoms with Crippen LogP contribution in [0.25, 0.3) is 0 Å². The number of hydrogen-bond acceptors (Lipinski definition) is 5. The van der Waals surface area contributed by atoms with Gasteiger partial charge in [-0.15, -0.1) is 12.4 Å². The Morgan fingerprint density at radius 2 is 2.13 bits per heavy atom. The first-order valence-electron chi connectivity index (χ1n) is 6.89. The average Bonchev–Trinajstić information content (AvgIpc) is 3.28. The fourth-order valence-corrected chi connectivity index (χ4v) is 4.76. The van der Waals surface area contributed by atoms with Crippen LogP contribution in [0, 0.1) is 5.92 Å². The molecule has 0 spiro atoms. The summed E-state index contributed by atoms with van der Waals surface area (Å²) in [5.74, 6) is 0.371. The van der Waals surface area contributed by atoms with Crippen molar-refractivity contribution in [3.8, 4) is 5.75 Å². The number of carbonyl (C=O) groups excluding carboxylic acids is 1. The zero-order valence-electron chi connectivity index (χ0n) is 12.0. The Bertz CT molecular complexity index is 724. The number of halogens is 2. The van der Waals surface area contributed by atoms with Crippen LogP contribution in [0.4, 0.5) is 5.69 Å². The van der Waals surface area contributed by atoms with Crippen molar-refractivity contribution in [2.75, 3.05) is 18.5 Å². The van der Waals surface area contributed by atoms with Gasteiger partial charge in [-0.05, 0) is 40.8 Å². The number of nitrogens with two attached hydrogens (primary N) is 1. The molecule has 0 aromatic heterocycles. The molecule has 10 heteroatoms. The van der Waals surface area contributed by atoms with E-state index < -0.39 is 10.0 Å². The number of benzene rings is 1. The van der Waals surface area contributed by atoms with Gasteiger partial charge in [0.25, 0.3) is 5.91 Å². The van der Waals surface area contributed by atoms with Crippen LogP contribution in [0.5, 0.6) is 5.75 Å². The van der Waals surface area contributed by atoms with Crippen LogP contribution < -0.4 is 20.5 Å². The molecule has 1 aromatic rings. The zero-order chi connectivity index (χ0) is 15.9. The second kappa shape index (κ2) is 6.94. The van der Waals surface area contributed by atoms with Crippen LogP contribution in [-0.4, -0.2) is 33.5 Å². The van der Waals surface area contributed by atoms with Crippen LogP contribution in [-0.2, 0) is 14.8 Å². The molecule has 0 radical (unpaired) electrons. The number of rotatable bonds is 5. The summed E-state index contributed by atoms with van der Waals surface area (Å²) in [4.78, 5) is 11.4. The maximum Gasteiger partial charge on any atom is 0.262 e. The monoisotopic (exact) mass is 425 g/mol. The third-order valence-corrected chi connectivity index (χ3v) is 6.16. The predicted molar refractivity (Wildman–Crippen MR) is 91.4 cm³/mol. The molecule has 0 bridgehead atoms.